The summed E-state index contributed by atoms with van der Waals surface area (Å²) in [6, 6.07) is 0.443. The molecular weight excluding hydrogens is 124 g/mol. The Morgan fingerprint density at radius 3 is 2.80 bits per heavy atom. The lowest BCUT2D eigenvalue weighted by molar-refractivity contribution is 0.593. The second kappa shape index (κ2) is 2.99. The SMILES string of the molecule is CN[C@H]1C=C(C)C=CC1N. The molecule has 0 amide bonds. The molecule has 0 saturated carbocycles. The predicted octanol–water partition coefficient (Wildman–Crippen LogP) is 0.418. The Bertz CT molecular complexity index is 170. The van der Waals surface area contributed by atoms with Crippen LogP contribution >= 0.6 is 0 Å². The third-order valence-electron chi connectivity index (χ3n) is 1.77. The van der Waals surface area contributed by atoms with Crippen molar-refractivity contribution in [3.63, 3.8) is 0 Å². The highest BCUT2D eigenvalue weighted by atomic mass is 14.9. The minimum absolute atomic E-state index is 0.133. The highest BCUT2D eigenvalue weighted by Crippen LogP contribution is 2.07. The minimum Gasteiger partial charge on any atom is -0.323 e. The van der Waals surface area contributed by atoms with Crippen LogP contribution < -0.4 is 11.1 Å². The van der Waals surface area contributed by atoms with Crippen molar-refractivity contribution >= 4 is 0 Å². The zero-order valence-electron chi connectivity index (χ0n) is 6.46. The molecule has 2 heteroatoms. The van der Waals surface area contributed by atoms with Gasteiger partial charge in [0.15, 0.2) is 0 Å². The van der Waals surface area contributed by atoms with Crippen LogP contribution in [0.4, 0.5) is 0 Å². The van der Waals surface area contributed by atoms with Gasteiger partial charge >= 0.3 is 0 Å². The van der Waals surface area contributed by atoms with E-state index in [1.54, 1.807) is 0 Å². The summed E-state index contributed by atoms with van der Waals surface area (Å²) in [5.74, 6) is 0. The van der Waals surface area contributed by atoms with Crippen LogP contribution in [0.25, 0.3) is 0 Å². The fourth-order valence-corrected chi connectivity index (χ4v) is 1.11. The minimum atomic E-state index is 0.133. The molecule has 2 atom stereocenters. The molecule has 1 aliphatic rings. The Hall–Kier alpha value is -0.600. The molecule has 0 fully saturated rings. The molecule has 1 rings (SSSR count). The molecule has 1 unspecified atom stereocenters. The van der Waals surface area contributed by atoms with Crippen molar-refractivity contribution in [1.82, 2.24) is 5.32 Å². The fraction of sp³-hybridized carbons (Fsp3) is 0.500. The van der Waals surface area contributed by atoms with E-state index in [9.17, 15) is 0 Å². The number of nitrogens with one attached hydrogen (secondary N) is 1. The van der Waals surface area contributed by atoms with Crippen molar-refractivity contribution in [3.05, 3.63) is 23.8 Å². The molecule has 0 aromatic heterocycles. The van der Waals surface area contributed by atoms with Gasteiger partial charge < -0.3 is 11.1 Å². The monoisotopic (exact) mass is 138 g/mol. The van der Waals surface area contributed by atoms with E-state index in [1.807, 2.05) is 13.1 Å². The number of hydrogen-bond donors (Lipinski definition) is 2. The summed E-state index contributed by atoms with van der Waals surface area (Å²) in [6.45, 7) is 2.08. The van der Waals surface area contributed by atoms with E-state index < -0.39 is 0 Å². The first-order valence-electron chi connectivity index (χ1n) is 3.53. The topological polar surface area (TPSA) is 38.0 Å². The van der Waals surface area contributed by atoms with Gasteiger partial charge in [0.2, 0.25) is 0 Å². The molecule has 0 heterocycles. The summed E-state index contributed by atoms with van der Waals surface area (Å²) >= 11 is 0. The molecule has 0 bridgehead atoms. The molecule has 0 spiro atoms. The summed E-state index contributed by atoms with van der Waals surface area (Å²) in [6.07, 6.45) is 6.22. The van der Waals surface area contributed by atoms with Gasteiger partial charge in [-0.05, 0) is 14.0 Å². The molecular formula is C8H14N2. The van der Waals surface area contributed by atoms with Gasteiger partial charge in [-0.25, -0.2) is 0 Å². The number of hydrogen-bond acceptors (Lipinski definition) is 2. The summed E-state index contributed by atoms with van der Waals surface area (Å²) < 4.78 is 0. The Morgan fingerprint density at radius 1 is 1.60 bits per heavy atom. The zero-order chi connectivity index (χ0) is 7.56. The molecule has 0 aromatic carbocycles. The van der Waals surface area contributed by atoms with Crippen molar-refractivity contribution in [2.24, 2.45) is 5.73 Å². The van der Waals surface area contributed by atoms with Crippen LogP contribution in [-0.4, -0.2) is 19.1 Å². The van der Waals surface area contributed by atoms with Crippen molar-refractivity contribution in [2.45, 2.75) is 19.0 Å². The zero-order valence-corrected chi connectivity index (χ0v) is 6.46. The van der Waals surface area contributed by atoms with Crippen molar-refractivity contribution < 1.29 is 0 Å². The van der Waals surface area contributed by atoms with Gasteiger partial charge in [0.1, 0.15) is 0 Å². The first kappa shape index (κ1) is 7.51. The standard InChI is InChI=1S/C8H14N2/c1-6-3-4-7(9)8(5-6)10-2/h3-5,7-8,10H,9H2,1-2H3/t7?,8-/m0/s1. The van der Waals surface area contributed by atoms with Gasteiger partial charge in [0, 0.05) is 12.1 Å². The van der Waals surface area contributed by atoms with Crippen LogP contribution in [0, 0.1) is 0 Å². The first-order chi connectivity index (χ1) is 4.74. The molecule has 2 nitrogen and oxygen atoms in total. The van der Waals surface area contributed by atoms with Crippen LogP contribution in [0.2, 0.25) is 0 Å². The lowest BCUT2D eigenvalue weighted by Gasteiger charge is -2.20. The first-order valence-corrected chi connectivity index (χ1v) is 3.53. The molecule has 0 saturated heterocycles. The van der Waals surface area contributed by atoms with Crippen molar-refractivity contribution in [2.75, 3.05) is 7.05 Å². The molecule has 3 N–H and O–H groups in total. The number of likely N-dealkylation sites (N-methyl/N-ethyl adjacent to an activating group) is 1. The smallest absolute Gasteiger partial charge is 0.0443 e. The van der Waals surface area contributed by atoms with Gasteiger partial charge in [-0.15, -0.1) is 0 Å². The molecule has 0 aromatic rings. The molecule has 0 aliphatic heterocycles. The molecule has 1 aliphatic carbocycles. The Kier molecular flexibility index (Phi) is 2.25. The highest BCUT2D eigenvalue weighted by Gasteiger charge is 2.12. The van der Waals surface area contributed by atoms with Crippen LogP contribution in [0.5, 0.6) is 0 Å². The quantitative estimate of drug-likeness (QED) is 0.551. The third kappa shape index (κ3) is 1.46. The van der Waals surface area contributed by atoms with Gasteiger partial charge in [0.25, 0.3) is 0 Å². The number of allylic oxidation sites excluding steroid dienone is 2. The highest BCUT2D eigenvalue weighted by molar-refractivity contribution is 5.27. The van der Waals surface area contributed by atoms with Crippen LogP contribution in [-0.2, 0) is 0 Å². The Morgan fingerprint density at radius 2 is 2.30 bits per heavy atom. The molecule has 0 radical (unpaired) electrons. The van der Waals surface area contributed by atoms with Gasteiger partial charge in [-0.2, -0.15) is 0 Å². The maximum absolute atomic E-state index is 5.76. The second-order valence-corrected chi connectivity index (χ2v) is 2.66. The molecule has 10 heavy (non-hydrogen) atoms. The number of rotatable bonds is 1. The lowest BCUT2D eigenvalue weighted by atomic mass is 10.00. The number of nitrogens with two attached hydrogens (primary N) is 1. The van der Waals surface area contributed by atoms with Gasteiger partial charge in [-0.3, -0.25) is 0 Å². The Labute approximate surface area is 61.8 Å². The maximum atomic E-state index is 5.76. The molecule has 56 valence electrons. The second-order valence-electron chi connectivity index (χ2n) is 2.66. The lowest BCUT2D eigenvalue weighted by Crippen LogP contribution is -2.41. The van der Waals surface area contributed by atoms with Crippen LogP contribution in [0.15, 0.2) is 23.8 Å². The van der Waals surface area contributed by atoms with E-state index in [4.69, 9.17) is 5.73 Å². The average Bonchev–Trinajstić information content (AvgIpc) is 1.94. The summed E-state index contributed by atoms with van der Waals surface area (Å²) in [7, 11) is 1.92. The van der Waals surface area contributed by atoms with E-state index in [0.29, 0.717) is 6.04 Å². The summed E-state index contributed by atoms with van der Waals surface area (Å²) in [5, 5.41) is 3.13. The fourth-order valence-electron chi connectivity index (χ4n) is 1.11. The van der Waals surface area contributed by atoms with E-state index in [0.717, 1.165) is 0 Å². The normalized spacial score (nSPS) is 32.1. The van der Waals surface area contributed by atoms with Crippen LogP contribution in [0.3, 0.4) is 0 Å². The van der Waals surface area contributed by atoms with Crippen molar-refractivity contribution in [1.29, 1.82) is 0 Å². The van der Waals surface area contributed by atoms with E-state index in [1.165, 1.54) is 5.57 Å². The maximum Gasteiger partial charge on any atom is 0.0443 e. The largest absolute Gasteiger partial charge is 0.323 e. The third-order valence-corrected chi connectivity index (χ3v) is 1.77. The average molecular weight is 138 g/mol. The van der Waals surface area contributed by atoms with E-state index in [2.05, 4.69) is 24.4 Å². The Balaban J connectivity index is 2.67. The van der Waals surface area contributed by atoms with Gasteiger partial charge in [-0.1, -0.05) is 23.8 Å². The van der Waals surface area contributed by atoms with Crippen molar-refractivity contribution in [3.8, 4) is 0 Å². The summed E-state index contributed by atoms with van der Waals surface area (Å²) in [5.41, 5.74) is 7.04. The predicted molar refractivity (Wildman–Crippen MR) is 43.7 cm³/mol. The summed E-state index contributed by atoms with van der Waals surface area (Å²) in [4.78, 5) is 0. The van der Waals surface area contributed by atoms with E-state index in [-0.39, 0.29) is 6.04 Å². The van der Waals surface area contributed by atoms with Crippen LogP contribution in [0.1, 0.15) is 6.92 Å². The van der Waals surface area contributed by atoms with Gasteiger partial charge in [0.05, 0.1) is 0 Å². The van der Waals surface area contributed by atoms with E-state index >= 15 is 0 Å².